The molecule has 0 aliphatic carbocycles. The van der Waals surface area contributed by atoms with E-state index in [4.69, 9.17) is 5.11 Å². The summed E-state index contributed by atoms with van der Waals surface area (Å²) >= 11 is 0. The third-order valence-corrected chi connectivity index (χ3v) is 2.10. The molecule has 0 aliphatic rings. The molecule has 2 heterocycles. The molecule has 2 rings (SSSR count). The summed E-state index contributed by atoms with van der Waals surface area (Å²) in [7, 11) is 0. The van der Waals surface area contributed by atoms with E-state index < -0.39 is 0 Å². The van der Waals surface area contributed by atoms with Gasteiger partial charge in [-0.15, -0.1) is 5.10 Å². The minimum absolute atomic E-state index is 0.0738. The monoisotopic (exact) mass is 222 g/mol. The van der Waals surface area contributed by atoms with Crippen molar-refractivity contribution in [2.75, 3.05) is 6.61 Å². The van der Waals surface area contributed by atoms with Gasteiger partial charge in [0.05, 0.1) is 18.8 Å². The topological polar surface area (TPSA) is 91.7 Å². The largest absolute Gasteiger partial charge is 0.394 e. The Morgan fingerprint density at radius 1 is 1.44 bits per heavy atom. The number of aromatic amines is 1. The summed E-state index contributed by atoms with van der Waals surface area (Å²) in [6, 6.07) is 1.91. The van der Waals surface area contributed by atoms with Gasteiger partial charge in [-0.25, -0.2) is 4.68 Å². The lowest BCUT2D eigenvalue weighted by Gasteiger charge is -1.98. The maximum Gasteiger partial charge on any atom is 0.0964 e. The Balaban J connectivity index is 1.76. The molecule has 0 spiro atoms. The smallest absolute Gasteiger partial charge is 0.0964 e. The molecule has 0 bridgehead atoms. The average Bonchev–Trinajstić information content (AvgIpc) is 2.90. The molecule has 86 valence electrons. The van der Waals surface area contributed by atoms with Crippen LogP contribution in [0.15, 0.2) is 18.5 Å². The Morgan fingerprint density at radius 3 is 3.12 bits per heavy atom. The molecule has 0 aromatic carbocycles. The highest BCUT2D eigenvalue weighted by molar-refractivity contribution is 4.98. The third kappa shape index (κ3) is 2.88. The Labute approximate surface area is 92.5 Å². The Bertz CT molecular complexity index is 409. The minimum atomic E-state index is 0.0738. The summed E-state index contributed by atoms with van der Waals surface area (Å²) in [6.45, 7) is 1.91. The van der Waals surface area contributed by atoms with E-state index in [0.717, 1.165) is 11.4 Å². The van der Waals surface area contributed by atoms with Crippen LogP contribution in [0.4, 0.5) is 0 Å². The van der Waals surface area contributed by atoms with Crippen LogP contribution < -0.4 is 5.32 Å². The fourth-order valence-electron chi connectivity index (χ4n) is 1.34. The van der Waals surface area contributed by atoms with Crippen molar-refractivity contribution in [2.45, 2.75) is 19.6 Å². The molecule has 16 heavy (non-hydrogen) atoms. The second kappa shape index (κ2) is 5.38. The molecular weight excluding hydrogens is 208 g/mol. The number of hydrogen-bond acceptors (Lipinski definition) is 5. The highest BCUT2D eigenvalue weighted by atomic mass is 16.3. The molecule has 0 amide bonds. The van der Waals surface area contributed by atoms with E-state index in [-0.39, 0.29) is 6.61 Å². The molecule has 0 atom stereocenters. The van der Waals surface area contributed by atoms with Crippen LogP contribution in [0.1, 0.15) is 11.4 Å². The first-order valence-electron chi connectivity index (χ1n) is 5.07. The van der Waals surface area contributed by atoms with Gasteiger partial charge in [0.1, 0.15) is 0 Å². The lowest BCUT2D eigenvalue weighted by Crippen LogP contribution is -2.13. The van der Waals surface area contributed by atoms with E-state index in [1.54, 1.807) is 10.9 Å². The second-order valence-electron chi connectivity index (χ2n) is 3.38. The number of rotatable bonds is 6. The normalized spacial score (nSPS) is 10.8. The van der Waals surface area contributed by atoms with Crippen LogP contribution in [0.3, 0.4) is 0 Å². The Hall–Kier alpha value is -1.73. The van der Waals surface area contributed by atoms with E-state index in [9.17, 15) is 0 Å². The van der Waals surface area contributed by atoms with Crippen molar-refractivity contribution in [1.29, 1.82) is 0 Å². The number of aliphatic hydroxyl groups excluding tert-OH is 1. The van der Waals surface area contributed by atoms with Crippen LogP contribution in [0.25, 0.3) is 0 Å². The summed E-state index contributed by atoms with van der Waals surface area (Å²) < 4.78 is 1.62. The predicted molar refractivity (Wildman–Crippen MR) is 56.2 cm³/mol. The van der Waals surface area contributed by atoms with Gasteiger partial charge in [0, 0.05) is 31.2 Å². The molecule has 0 radical (unpaired) electrons. The number of aromatic nitrogens is 5. The first kappa shape index (κ1) is 10.8. The summed E-state index contributed by atoms with van der Waals surface area (Å²) in [5.74, 6) is 0. The van der Waals surface area contributed by atoms with Crippen LogP contribution in [0, 0.1) is 0 Å². The van der Waals surface area contributed by atoms with Crippen molar-refractivity contribution in [3.05, 3.63) is 29.8 Å². The van der Waals surface area contributed by atoms with Gasteiger partial charge in [-0.3, -0.25) is 5.10 Å². The summed E-state index contributed by atoms with van der Waals surface area (Å²) in [4.78, 5) is 0. The fourth-order valence-corrected chi connectivity index (χ4v) is 1.34. The first-order valence-corrected chi connectivity index (χ1v) is 5.07. The van der Waals surface area contributed by atoms with Crippen molar-refractivity contribution in [3.8, 4) is 0 Å². The van der Waals surface area contributed by atoms with Gasteiger partial charge in [-0.05, 0) is 6.07 Å². The summed E-state index contributed by atoms with van der Waals surface area (Å²) in [6.07, 6.45) is 3.53. The number of nitrogens with zero attached hydrogens (tertiary/aromatic N) is 4. The SMILES string of the molecule is OCCn1cc(CNCc2ccn[nH]2)nn1. The van der Waals surface area contributed by atoms with Gasteiger partial charge >= 0.3 is 0 Å². The average molecular weight is 222 g/mol. The second-order valence-corrected chi connectivity index (χ2v) is 3.38. The zero-order valence-electron chi connectivity index (χ0n) is 8.80. The molecule has 0 saturated carbocycles. The van der Waals surface area contributed by atoms with Crippen molar-refractivity contribution in [1.82, 2.24) is 30.5 Å². The van der Waals surface area contributed by atoms with Crippen LogP contribution in [-0.4, -0.2) is 36.9 Å². The highest BCUT2D eigenvalue weighted by Crippen LogP contribution is 1.94. The number of hydrogen-bond donors (Lipinski definition) is 3. The standard InChI is InChI=1S/C9H14N6O/c16-4-3-15-7-9(13-14-15)6-10-5-8-1-2-11-12-8/h1-2,7,10,16H,3-6H2,(H,11,12). The van der Waals surface area contributed by atoms with Crippen LogP contribution in [0.2, 0.25) is 0 Å². The van der Waals surface area contributed by atoms with Crippen LogP contribution in [-0.2, 0) is 19.6 Å². The number of aliphatic hydroxyl groups is 1. The molecule has 2 aromatic rings. The van der Waals surface area contributed by atoms with Crippen LogP contribution >= 0.6 is 0 Å². The Morgan fingerprint density at radius 2 is 2.38 bits per heavy atom. The minimum Gasteiger partial charge on any atom is -0.394 e. The molecule has 7 nitrogen and oxygen atoms in total. The van der Waals surface area contributed by atoms with Gasteiger partial charge in [0.2, 0.25) is 0 Å². The van der Waals surface area contributed by atoms with Crippen molar-refractivity contribution < 1.29 is 5.11 Å². The van der Waals surface area contributed by atoms with E-state index in [1.807, 2.05) is 12.3 Å². The zero-order chi connectivity index (χ0) is 11.2. The number of H-pyrrole nitrogens is 1. The lowest BCUT2D eigenvalue weighted by atomic mass is 10.4. The van der Waals surface area contributed by atoms with Gasteiger partial charge in [-0.1, -0.05) is 5.21 Å². The van der Waals surface area contributed by atoms with Gasteiger partial charge in [-0.2, -0.15) is 5.10 Å². The lowest BCUT2D eigenvalue weighted by molar-refractivity contribution is 0.268. The van der Waals surface area contributed by atoms with Crippen LogP contribution in [0.5, 0.6) is 0 Å². The molecule has 0 fully saturated rings. The summed E-state index contributed by atoms with van der Waals surface area (Å²) in [5, 5.41) is 26.5. The third-order valence-electron chi connectivity index (χ3n) is 2.10. The quantitative estimate of drug-likeness (QED) is 0.600. The molecule has 0 saturated heterocycles. The van der Waals surface area contributed by atoms with E-state index in [0.29, 0.717) is 19.6 Å². The van der Waals surface area contributed by atoms with E-state index >= 15 is 0 Å². The van der Waals surface area contributed by atoms with Gasteiger partial charge < -0.3 is 10.4 Å². The fraction of sp³-hybridized carbons (Fsp3) is 0.444. The van der Waals surface area contributed by atoms with Gasteiger partial charge in [0.25, 0.3) is 0 Å². The molecule has 2 aromatic heterocycles. The summed E-state index contributed by atoms with van der Waals surface area (Å²) in [5.41, 5.74) is 1.88. The zero-order valence-corrected chi connectivity index (χ0v) is 8.80. The highest BCUT2D eigenvalue weighted by Gasteiger charge is 2.00. The van der Waals surface area contributed by atoms with Crippen molar-refractivity contribution in [2.24, 2.45) is 0 Å². The molecule has 0 aliphatic heterocycles. The first-order chi connectivity index (χ1) is 7.88. The van der Waals surface area contributed by atoms with E-state index in [2.05, 4.69) is 25.8 Å². The van der Waals surface area contributed by atoms with E-state index in [1.165, 1.54) is 0 Å². The molecule has 0 unspecified atom stereocenters. The van der Waals surface area contributed by atoms with Crippen molar-refractivity contribution in [3.63, 3.8) is 0 Å². The molecule has 3 N–H and O–H groups in total. The maximum atomic E-state index is 8.71. The maximum absolute atomic E-state index is 8.71. The van der Waals surface area contributed by atoms with Crippen molar-refractivity contribution >= 4 is 0 Å². The molecular formula is C9H14N6O. The van der Waals surface area contributed by atoms with Gasteiger partial charge in [0.15, 0.2) is 0 Å². The predicted octanol–water partition coefficient (Wildman–Crippen LogP) is -0.717. The Kier molecular flexibility index (Phi) is 3.62. The number of nitrogens with one attached hydrogen (secondary N) is 2. The molecule has 7 heteroatoms.